The number of nitrogens with one attached hydrogen (secondary N) is 1. The first kappa shape index (κ1) is 22.0. The van der Waals surface area contributed by atoms with Crippen LogP contribution in [0.5, 0.6) is 17.4 Å². The molecule has 3 aromatic heterocycles. The average molecular weight is 453 g/mol. The molecule has 0 fully saturated rings. The van der Waals surface area contributed by atoms with Crippen molar-refractivity contribution < 1.29 is 32.6 Å². The van der Waals surface area contributed by atoms with Crippen molar-refractivity contribution in [2.45, 2.75) is 27.1 Å². The Bertz CT molecular complexity index is 1210. The lowest BCUT2D eigenvalue weighted by Gasteiger charge is -2.12. The van der Waals surface area contributed by atoms with E-state index in [4.69, 9.17) is 27.8 Å². The molecule has 3 heterocycles. The summed E-state index contributed by atoms with van der Waals surface area (Å²) in [7, 11) is 1.55. The number of hydrogen-bond acceptors (Lipinski definition) is 9. The van der Waals surface area contributed by atoms with Crippen molar-refractivity contribution in [3.8, 4) is 29.0 Å². The molecule has 4 rings (SSSR count). The van der Waals surface area contributed by atoms with E-state index in [1.807, 2.05) is 13.0 Å². The summed E-state index contributed by atoms with van der Waals surface area (Å²) in [6, 6.07) is 8.95. The van der Waals surface area contributed by atoms with Crippen LogP contribution in [0.1, 0.15) is 34.3 Å². The van der Waals surface area contributed by atoms with Crippen molar-refractivity contribution >= 4 is 5.97 Å². The number of esters is 1. The molecule has 0 bridgehead atoms. The fourth-order valence-electron chi connectivity index (χ4n) is 3.03. The van der Waals surface area contributed by atoms with Gasteiger partial charge in [-0.1, -0.05) is 6.07 Å². The Morgan fingerprint density at radius 3 is 2.79 bits per heavy atom. The fraction of sp³-hybridized carbons (Fsp3) is 0.261. The van der Waals surface area contributed by atoms with Crippen LogP contribution in [0.4, 0.5) is 0 Å². The second-order valence-corrected chi connectivity index (χ2v) is 6.90. The minimum atomic E-state index is -0.499. The highest BCUT2D eigenvalue weighted by atomic mass is 16.5. The van der Waals surface area contributed by atoms with Gasteiger partial charge in [0.2, 0.25) is 5.88 Å². The lowest BCUT2D eigenvalue weighted by molar-refractivity contribution is 0.0521. The van der Waals surface area contributed by atoms with E-state index in [2.05, 4.69) is 15.2 Å². The number of aryl methyl sites for hydroxylation is 1. The molecule has 0 atom stereocenters. The molecule has 33 heavy (non-hydrogen) atoms. The molecule has 1 N–H and O–H groups in total. The van der Waals surface area contributed by atoms with E-state index in [0.717, 1.165) is 5.56 Å². The fourth-order valence-corrected chi connectivity index (χ4v) is 3.03. The van der Waals surface area contributed by atoms with Gasteiger partial charge in [0, 0.05) is 0 Å². The molecule has 0 saturated carbocycles. The van der Waals surface area contributed by atoms with Crippen LogP contribution in [-0.4, -0.2) is 34.9 Å². The molecular weight excluding hydrogens is 430 g/mol. The normalized spacial score (nSPS) is 10.8. The maximum atomic E-state index is 11.9. The van der Waals surface area contributed by atoms with Crippen molar-refractivity contribution in [3.63, 3.8) is 0 Å². The van der Waals surface area contributed by atoms with Crippen LogP contribution in [0, 0.1) is 6.92 Å². The van der Waals surface area contributed by atoms with Gasteiger partial charge in [-0.2, -0.15) is 5.10 Å². The number of benzene rings is 1. The van der Waals surface area contributed by atoms with Gasteiger partial charge in [-0.25, -0.2) is 14.9 Å². The van der Waals surface area contributed by atoms with Gasteiger partial charge in [-0.3, -0.25) is 0 Å². The first-order valence-corrected chi connectivity index (χ1v) is 10.2. The molecule has 0 aliphatic carbocycles. The number of aromatic nitrogens is 3. The molecule has 1 aromatic carbocycles. The summed E-state index contributed by atoms with van der Waals surface area (Å²) in [6.45, 7) is 4.19. The standard InChI is InChI=1S/C23H23N3O7/c1-4-29-23(27)16-11-24-26-21(16)32-12-15-7-8-18(20(10-15)28-3)31-13-17-14(2)33-22(25-17)19-6-5-9-30-19/h5-11H,4,12-13H2,1-3H3,(H,24,26). The van der Waals surface area contributed by atoms with Crippen molar-refractivity contribution in [2.75, 3.05) is 13.7 Å². The number of hydrogen-bond donors (Lipinski definition) is 1. The Labute approximate surface area is 189 Å². The number of ether oxygens (including phenoxy) is 4. The van der Waals surface area contributed by atoms with Crippen molar-refractivity contribution in [1.82, 2.24) is 15.2 Å². The van der Waals surface area contributed by atoms with Gasteiger partial charge < -0.3 is 27.8 Å². The Kier molecular flexibility index (Phi) is 6.63. The highest BCUT2D eigenvalue weighted by Gasteiger charge is 2.17. The van der Waals surface area contributed by atoms with E-state index >= 15 is 0 Å². The van der Waals surface area contributed by atoms with Gasteiger partial charge in [0.25, 0.3) is 5.89 Å². The largest absolute Gasteiger partial charge is 0.493 e. The number of aromatic amines is 1. The molecule has 0 saturated heterocycles. The zero-order valence-electron chi connectivity index (χ0n) is 18.4. The quantitative estimate of drug-likeness (QED) is 0.350. The van der Waals surface area contributed by atoms with E-state index in [-0.39, 0.29) is 31.3 Å². The van der Waals surface area contributed by atoms with E-state index in [0.29, 0.717) is 34.6 Å². The van der Waals surface area contributed by atoms with Crippen LogP contribution in [0.15, 0.2) is 51.6 Å². The summed E-state index contributed by atoms with van der Waals surface area (Å²) in [5.74, 6) is 2.40. The number of methoxy groups -OCH3 is 1. The van der Waals surface area contributed by atoms with Crippen molar-refractivity contribution in [2.24, 2.45) is 0 Å². The SMILES string of the molecule is CCOC(=O)c1cn[nH]c1OCc1ccc(OCc2nc(-c3ccco3)oc2C)c(OC)c1. The Morgan fingerprint density at radius 1 is 1.15 bits per heavy atom. The summed E-state index contributed by atoms with van der Waals surface area (Å²) < 4.78 is 33.1. The zero-order valence-corrected chi connectivity index (χ0v) is 18.4. The molecule has 0 unspecified atom stereocenters. The predicted molar refractivity (Wildman–Crippen MR) is 115 cm³/mol. The first-order chi connectivity index (χ1) is 16.1. The molecular formula is C23H23N3O7. The minimum Gasteiger partial charge on any atom is -0.493 e. The molecule has 0 aliphatic heterocycles. The maximum Gasteiger partial charge on any atom is 0.345 e. The number of carbonyl (C=O) groups is 1. The Morgan fingerprint density at radius 2 is 2.03 bits per heavy atom. The van der Waals surface area contributed by atoms with Crippen LogP contribution in [-0.2, 0) is 18.0 Å². The molecule has 0 amide bonds. The van der Waals surface area contributed by atoms with Crippen LogP contribution in [0.3, 0.4) is 0 Å². The van der Waals surface area contributed by atoms with Crippen molar-refractivity contribution in [1.29, 1.82) is 0 Å². The topological polar surface area (TPSA) is 122 Å². The van der Waals surface area contributed by atoms with E-state index in [9.17, 15) is 4.79 Å². The maximum absolute atomic E-state index is 11.9. The smallest absolute Gasteiger partial charge is 0.345 e. The monoisotopic (exact) mass is 453 g/mol. The second-order valence-electron chi connectivity index (χ2n) is 6.90. The molecule has 10 nitrogen and oxygen atoms in total. The molecule has 0 radical (unpaired) electrons. The Hall–Kier alpha value is -4.21. The van der Waals surface area contributed by atoms with E-state index in [1.54, 1.807) is 44.6 Å². The van der Waals surface area contributed by atoms with Crippen molar-refractivity contribution in [3.05, 3.63) is 65.4 Å². The second kappa shape index (κ2) is 9.94. The Balaban J connectivity index is 1.41. The lowest BCUT2D eigenvalue weighted by Crippen LogP contribution is -2.07. The number of carbonyl (C=O) groups excluding carboxylic acids is 1. The summed E-state index contributed by atoms with van der Waals surface area (Å²) in [6.07, 6.45) is 2.93. The molecule has 0 spiro atoms. The van der Waals surface area contributed by atoms with E-state index in [1.165, 1.54) is 6.20 Å². The first-order valence-electron chi connectivity index (χ1n) is 10.2. The summed E-state index contributed by atoms with van der Waals surface area (Å²) >= 11 is 0. The molecule has 10 heteroatoms. The van der Waals surface area contributed by atoms with Crippen LogP contribution < -0.4 is 14.2 Å². The molecule has 4 aromatic rings. The van der Waals surface area contributed by atoms with E-state index < -0.39 is 5.97 Å². The van der Waals surface area contributed by atoms with Gasteiger partial charge in [-0.05, 0) is 43.7 Å². The lowest BCUT2D eigenvalue weighted by atomic mass is 10.2. The third-order valence-electron chi connectivity index (χ3n) is 4.70. The number of rotatable bonds is 10. The highest BCUT2D eigenvalue weighted by Crippen LogP contribution is 2.30. The zero-order chi connectivity index (χ0) is 23.2. The van der Waals surface area contributed by atoms with Gasteiger partial charge in [-0.15, -0.1) is 0 Å². The number of H-pyrrole nitrogens is 1. The third-order valence-corrected chi connectivity index (χ3v) is 4.70. The highest BCUT2D eigenvalue weighted by molar-refractivity contribution is 5.91. The van der Waals surface area contributed by atoms with Gasteiger partial charge in [0.05, 0.1) is 26.2 Å². The summed E-state index contributed by atoms with van der Waals surface area (Å²) in [4.78, 5) is 16.4. The number of furan rings is 1. The molecule has 172 valence electrons. The number of nitrogens with zero attached hydrogens (tertiary/aromatic N) is 2. The summed E-state index contributed by atoms with van der Waals surface area (Å²) in [5.41, 5.74) is 1.70. The summed E-state index contributed by atoms with van der Waals surface area (Å²) in [5, 5.41) is 6.51. The van der Waals surface area contributed by atoms with Crippen LogP contribution in [0.25, 0.3) is 11.7 Å². The van der Waals surface area contributed by atoms with Crippen LogP contribution >= 0.6 is 0 Å². The van der Waals surface area contributed by atoms with Gasteiger partial charge in [0.1, 0.15) is 30.2 Å². The van der Waals surface area contributed by atoms with Gasteiger partial charge in [0.15, 0.2) is 17.3 Å². The minimum absolute atomic E-state index is 0.181. The average Bonchev–Trinajstić information content (AvgIpc) is 3.57. The number of oxazole rings is 1. The third kappa shape index (κ3) is 5.00. The predicted octanol–water partition coefficient (Wildman–Crippen LogP) is 4.31. The van der Waals surface area contributed by atoms with Crippen LogP contribution in [0.2, 0.25) is 0 Å². The van der Waals surface area contributed by atoms with Gasteiger partial charge >= 0.3 is 5.97 Å². The molecule has 0 aliphatic rings.